The summed E-state index contributed by atoms with van der Waals surface area (Å²) in [5.41, 5.74) is -2.30. The van der Waals surface area contributed by atoms with E-state index in [4.69, 9.17) is 0 Å². The van der Waals surface area contributed by atoms with Crippen LogP contribution in [0.3, 0.4) is 0 Å². The van der Waals surface area contributed by atoms with E-state index >= 15 is 0 Å². The highest BCUT2D eigenvalue weighted by Crippen LogP contribution is 2.29. The fourth-order valence-corrected chi connectivity index (χ4v) is 3.18. The number of benzene rings is 1. The first-order chi connectivity index (χ1) is 14.7. The maximum Gasteiger partial charge on any atom is 0.573 e. The van der Waals surface area contributed by atoms with Crippen molar-refractivity contribution in [1.82, 2.24) is 15.5 Å². The van der Waals surface area contributed by atoms with Crippen molar-refractivity contribution in [3.8, 4) is 5.75 Å². The summed E-state index contributed by atoms with van der Waals surface area (Å²) >= 11 is 0. The van der Waals surface area contributed by atoms with E-state index < -0.39 is 35.6 Å². The van der Waals surface area contributed by atoms with E-state index in [1.165, 1.54) is 12.1 Å². The Bertz CT molecular complexity index is 803. The van der Waals surface area contributed by atoms with Crippen molar-refractivity contribution in [1.29, 1.82) is 0 Å². The molecule has 12 heteroatoms. The number of nitrogens with one attached hydrogen (secondary N) is 2. The van der Waals surface area contributed by atoms with E-state index in [0.717, 1.165) is 26.0 Å². The lowest BCUT2D eigenvalue weighted by atomic mass is 9.96. The lowest BCUT2D eigenvalue weighted by molar-refractivity contribution is -0.274. The third-order valence-electron chi connectivity index (χ3n) is 5.12. The Balaban J connectivity index is 1.76. The van der Waals surface area contributed by atoms with E-state index in [-0.39, 0.29) is 24.6 Å². The van der Waals surface area contributed by atoms with Gasteiger partial charge in [0.05, 0.1) is 6.54 Å². The molecule has 2 rings (SSSR count). The second-order valence-electron chi connectivity index (χ2n) is 8.18. The van der Waals surface area contributed by atoms with Gasteiger partial charge in [0.15, 0.2) is 0 Å². The molecule has 2 amide bonds. The maximum absolute atomic E-state index is 12.9. The van der Waals surface area contributed by atoms with Crippen molar-refractivity contribution in [3.63, 3.8) is 0 Å². The van der Waals surface area contributed by atoms with Gasteiger partial charge in [0.2, 0.25) is 5.91 Å². The number of carbonyl (C=O) groups is 2. The van der Waals surface area contributed by atoms with E-state index in [1.54, 1.807) is 4.90 Å². The fraction of sp³-hybridized carbons (Fsp3) is 0.600. The zero-order chi connectivity index (χ0) is 24.2. The van der Waals surface area contributed by atoms with Gasteiger partial charge in [-0.25, -0.2) is 0 Å². The second kappa shape index (κ2) is 9.97. The van der Waals surface area contributed by atoms with Gasteiger partial charge in [-0.1, -0.05) is 6.07 Å². The van der Waals surface area contributed by atoms with Crippen LogP contribution in [0.5, 0.6) is 5.75 Å². The number of rotatable bonds is 7. The standard InChI is InChI=1S/C20H25F6N3O3/c1-18(2,19(21,22)23)28-16(30)12-29-8-6-13(7-9-29)11-27-17(31)14-4-3-5-15(10-14)32-20(24,25)26/h3-5,10,13H,6-9,11-12H2,1-2H3,(H,27,31)(H,28,30). The van der Waals surface area contributed by atoms with Crippen LogP contribution in [0.4, 0.5) is 26.3 Å². The van der Waals surface area contributed by atoms with Gasteiger partial charge < -0.3 is 15.4 Å². The summed E-state index contributed by atoms with van der Waals surface area (Å²) in [7, 11) is 0. The van der Waals surface area contributed by atoms with Crippen LogP contribution >= 0.6 is 0 Å². The predicted molar refractivity (Wildman–Crippen MR) is 103 cm³/mol. The van der Waals surface area contributed by atoms with Gasteiger partial charge in [-0.15, -0.1) is 13.2 Å². The van der Waals surface area contributed by atoms with Gasteiger partial charge in [0, 0.05) is 12.1 Å². The summed E-state index contributed by atoms with van der Waals surface area (Å²) in [5, 5.41) is 4.65. The van der Waals surface area contributed by atoms with Crippen LogP contribution in [0.15, 0.2) is 24.3 Å². The molecule has 0 bridgehead atoms. The number of ether oxygens (including phenoxy) is 1. The first-order valence-electron chi connectivity index (χ1n) is 9.90. The molecule has 1 aliphatic heterocycles. The Kier molecular flexibility index (Phi) is 8.02. The Morgan fingerprint density at radius 3 is 2.28 bits per heavy atom. The molecule has 1 aliphatic rings. The molecule has 2 N–H and O–H groups in total. The minimum absolute atomic E-state index is 0.0214. The van der Waals surface area contributed by atoms with Crippen LogP contribution in [0, 0.1) is 5.92 Å². The second-order valence-corrected chi connectivity index (χ2v) is 8.18. The summed E-state index contributed by atoms with van der Waals surface area (Å²) in [6, 6.07) is 4.72. The molecule has 32 heavy (non-hydrogen) atoms. The van der Waals surface area contributed by atoms with E-state index in [1.807, 2.05) is 5.32 Å². The first-order valence-corrected chi connectivity index (χ1v) is 9.90. The van der Waals surface area contributed by atoms with E-state index in [9.17, 15) is 35.9 Å². The Labute approximate surface area is 181 Å². The predicted octanol–water partition coefficient (Wildman–Crippen LogP) is 3.48. The summed E-state index contributed by atoms with van der Waals surface area (Å²) in [6.45, 7) is 2.84. The quantitative estimate of drug-likeness (QED) is 0.600. The number of alkyl halides is 6. The third kappa shape index (κ3) is 7.88. The fourth-order valence-electron chi connectivity index (χ4n) is 3.18. The molecule has 0 spiro atoms. The molecular formula is C20H25F6N3O3. The lowest BCUT2D eigenvalue weighted by Crippen LogP contribution is -2.56. The van der Waals surface area contributed by atoms with Crippen molar-refractivity contribution in [2.45, 2.75) is 44.8 Å². The molecule has 1 aromatic carbocycles. The SMILES string of the molecule is CC(C)(NC(=O)CN1CCC(CNC(=O)c2cccc(OC(F)(F)F)c2)CC1)C(F)(F)F. The van der Waals surface area contributed by atoms with E-state index in [0.29, 0.717) is 25.9 Å². The van der Waals surface area contributed by atoms with Crippen molar-refractivity contribution in [3.05, 3.63) is 29.8 Å². The monoisotopic (exact) mass is 469 g/mol. The van der Waals surface area contributed by atoms with Crippen LogP contribution in [-0.4, -0.2) is 61.0 Å². The van der Waals surface area contributed by atoms with E-state index in [2.05, 4.69) is 10.1 Å². The average Bonchev–Trinajstić information content (AvgIpc) is 2.64. The molecule has 1 fully saturated rings. The topological polar surface area (TPSA) is 70.7 Å². The van der Waals surface area contributed by atoms with Gasteiger partial charge in [-0.3, -0.25) is 14.5 Å². The highest BCUT2D eigenvalue weighted by Gasteiger charge is 2.48. The Morgan fingerprint density at radius 1 is 1.09 bits per heavy atom. The number of carbonyl (C=O) groups excluding carboxylic acids is 2. The first kappa shape index (κ1) is 25.8. The number of halogens is 6. The Morgan fingerprint density at radius 2 is 1.72 bits per heavy atom. The number of amides is 2. The minimum atomic E-state index is -4.86. The smallest absolute Gasteiger partial charge is 0.406 e. The largest absolute Gasteiger partial charge is 0.573 e. The van der Waals surface area contributed by atoms with Gasteiger partial charge in [0.25, 0.3) is 5.91 Å². The summed E-state index contributed by atoms with van der Waals surface area (Å²) in [4.78, 5) is 25.9. The molecule has 0 aromatic heterocycles. The molecule has 0 aliphatic carbocycles. The van der Waals surface area contributed by atoms with Gasteiger partial charge in [-0.2, -0.15) is 13.2 Å². The highest BCUT2D eigenvalue weighted by molar-refractivity contribution is 5.94. The molecule has 1 saturated heterocycles. The highest BCUT2D eigenvalue weighted by atomic mass is 19.4. The summed E-state index contributed by atoms with van der Waals surface area (Å²) in [6.07, 6.45) is -8.21. The van der Waals surface area contributed by atoms with Crippen molar-refractivity contribution >= 4 is 11.8 Å². The number of hydrogen-bond acceptors (Lipinski definition) is 4. The maximum atomic E-state index is 12.9. The van der Waals surface area contributed by atoms with Crippen LogP contribution < -0.4 is 15.4 Å². The minimum Gasteiger partial charge on any atom is -0.406 e. The van der Waals surface area contributed by atoms with Crippen LogP contribution in [0.25, 0.3) is 0 Å². The molecule has 0 unspecified atom stereocenters. The molecule has 6 nitrogen and oxygen atoms in total. The van der Waals surface area contributed by atoms with Gasteiger partial charge in [0.1, 0.15) is 11.3 Å². The molecule has 0 saturated carbocycles. The van der Waals surface area contributed by atoms with Gasteiger partial charge >= 0.3 is 12.5 Å². The van der Waals surface area contributed by atoms with Crippen molar-refractivity contribution < 1.29 is 40.7 Å². The number of hydrogen-bond donors (Lipinski definition) is 2. The van der Waals surface area contributed by atoms with Crippen LogP contribution in [-0.2, 0) is 4.79 Å². The van der Waals surface area contributed by atoms with Gasteiger partial charge in [-0.05, 0) is 63.9 Å². The molecule has 0 atom stereocenters. The molecule has 180 valence electrons. The molecule has 1 aromatic rings. The van der Waals surface area contributed by atoms with Crippen molar-refractivity contribution in [2.24, 2.45) is 5.92 Å². The Hall–Kier alpha value is -2.50. The molecule has 0 radical (unpaired) electrons. The van der Waals surface area contributed by atoms with Crippen LogP contribution in [0.2, 0.25) is 0 Å². The number of likely N-dealkylation sites (tertiary alicyclic amines) is 1. The lowest BCUT2D eigenvalue weighted by Gasteiger charge is -2.33. The molecule has 1 heterocycles. The van der Waals surface area contributed by atoms with Crippen molar-refractivity contribution in [2.75, 3.05) is 26.2 Å². The summed E-state index contributed by atoms with van der Waals surface area (Å²) in [5.74, 6) is -1.70. The normalized spacial score (nSPS) is 16.5. The zero-order valence-electron chi connectivity index (χ0n) is 17.6. The van der Waals surface area contributed by atoms with Crippen LogP contribution in [0.1, 0.15) is 37.0 Å². The average molecular weight is 469 g/mol. The zero-order valence-corrected chi connectivity index (χ0v) is 17.6. The molecular weight excluding hydrogens is 444 g/mol. The summed E-state index contributed by atoms with van der Waals surface area (Å²) < 4.78 is 79.3. The number of nitrogens with zero attached hydrogens (tertiary/aromatic N) is 1. The third-order valence-corrected chi connectivity index (χ3v) is 5.12. The number of piperidine rings is 1.